The van der Waals surface area contributed by atoms with Crippen LogP contribution in [0.4, 0.5) is 0 Å². The third-order valence-corrected chi connectivity index (χ3v) is 4.77. The van der Waals surface area contributed by atoms with E-state index >= 15 is 0 Å². The molecule has 1 unspecified atom stereocenters. The Morgan fingerprint density at radius 2 is 1.73 bits per heavy atom. The summed E-state index contributed by atoms with van der Waals surface area (Å²) >= 11 is 0. The zero-order chi connectivity index (χ0) is 18.7. The predicted octanol–water partition coefficient (Wildman–Crippen LogP) is 4.49. The van der Waals surface area contributed by atoms with Crippen LogP contribution < -0.4 is 9.47 Å². The van der Waals surface area contributed by atoms with Gasteiger partial charge < -0.3 is 14.4 Å². The van der Waals surface area contributed by atoms with Crippen LogP contribution in [-0.2, 0) is 4.79 Å². The van der Waals surface area contributed by atoms with Gasteiger partial charge in [0.1, 0.15) is 11.5 Å². The lowest BCUT2D eigenvalue weighted by molar-refractivity contribution is -0.136. The first kappa shape index (κ1) is 18.3. The number of benzene rings is 2. The number of rotatable bonds is 7. The zero-order valence-corrected chi connectivity index (χ0v) is 16.0. The molecule has 1 aliphatic rings. The molecule has 3 rings (SSSR count). The van der Waals surface area contributed by atoms with E-state index < -0.39 is 6.10 Å². The van der Waals surface area contributed by atoms with Crippen molar-refractivity contribution in [3.05, 3.63) is 48.0 Å². The number of nitrogens with zero attached hydrogens (tertiary/aromatic N) is 1. The Labute approximate surface area is 155 Å². The van der Waals surface area contributed by atoms with Crippen molar-refractivity contribution in [2.75, 3.05) is 21.2 Å². The van der Waals surface area contributed by atoms with Crippen molar-refractivity contribution >= 4 is 5.91 Å². The third-order valence-electron chi connectivity index (χ3n) is 4.77. The van der Waals surface area contributed by atoms with Crippen molar-refractivity contribution < 1.29 is 14.3 Å². The monoisotopic (exact) mass is 353 g/mol. The highest BCUT2D eigenvalue weighted by atomic mass is 16.5. The minimum atomic E-state index is -0.498. The second kappa shape index (κ2) is 7.81. The van der Waals surface area contributed by atoms with Crippen molar-refractivity contribution in [2.24, 2.45) is 0 Å². The van der Waals surface area contributed by atoms with E-state index in [4.69, 9.17) is 9.47 Å². The summed E-state index contributed by atoms with van der Waals surface area (Å²) < 4.78 is 11.4. The third kappa shape index (κ3) is 4.18. The van der Waals surface area contributed by atoms with Crippen molar-refractivity contribution in [2.45, 2.75) is 38.2 Å². The van der Waals surface area contributed by atoms with Gasteiger partial charge in [0, 0.05) is 20.2 Å². The zero-order valence-electron chi connectivity index (χ0n) is 16.0. The van der Waals surface area contributed by atoms with E-state index in [0.29, 0.717) is 12.2 Å². The molecular weight excluding hydrogens is 326 g/mol. The molecule has 0 saturated heterocycles. The molecule has 1 saturated carbocycles. The summed E-state index contributed by atoms with van der Waals surface area (Å²) in [5, 5.41) is 0. The number of ether oxygens (including phenoxy) is 2. The van der Waals surface area contributed by atoms with E-state index in [9.17, 15) is 4.79 Å². The fraction of sp³-hybridized carbons (Fsp3) is 0.409. The van der Waals surface area contributed by atoms with Gasteiger partial charge >= 0.3 is 0 Å². The molecule has 1 fully saturated rings. The molecule has 1 aliphatic carbocycles. The van der Waals surface area contributed by atoms with Gasteiger partial charge in [-0.3, -0.25) is 4.79 Å². The quantitative estimate of drug-likeness (QED) is 0.736. The van der Waals surface area contributed by atoms with E-state index in [1.165, 1.54) is 18.4 Å². The van der Waals surface area contributed by atoms with Crippen LogP contribution in [0.15, 0.2) is 42.5 Å². The molecular formula is C22H27NO3. The molecule has 0 aliphatic heterocycles. The Balaban J connectivity index is 1.86. The van der Waals surface area contributed by atoms with Gasteiger partial charge in [0.15, 0.2) is 6.10 Å². The van der Waals surface area contributed by atoms with E-state index in [1.54, 1.807) is 26.1 Å². The first-order chi connectivity index (χ1) is 12.5. The Kier molecular flexibility index (Phi) is 5.50. The maximum absolute atomic E-state index is 12.3. The second-order valence-electron chi connectivity index (χ2n) is 7.04. The van der Waals surface area contributed by atoms with E-state index in [2.05, 4.69) is 24.3 Å². The molecule has 0 heterocycles. The number of amides is 1. The fourth-order valence-corrected chi connectivity index (χ4v) is 3.05. The van der Waals surface area contributed by atoms with Gasteiger partial charge in [0.25, 0.3) is 5.91 Å². The fourth-order valence-electron chi connectivity index (χ4n) is 3.05. The smallest absolute Gasteiger partial charge is 0.263 e. The molecule has 138 valence electrons. The minimum Gasteiger partial charge on any atom is -0.497 e. The molecule has 0 radical (unpaired) electrons. The van der Waals surface area contributed by atoms with Crippen molar-refractivity contribution in [1.29, 1.82) is 0 Å². The highest BCUT2D eigenvalue weighted by molar-refractivity contribution is 5.80. The van der Waals surface area contributed by atoms with Crippen LogP contribution in [0, 0.1) is 0 Å². The van der Waals surface area contributed by atoms with Crippen LogP contribution in [0.3, 0.4) is 0 Å². The summed E-state index contributed by atoms with van der Waals surface area (Å²) in [5.74, 6) is 2.07. The topological polar surface area (TPSA) is 38.8 Å². The Morgan fingerprint density at radius 3 is 2.27 bits per heavy atom. The molecule has 1 atom stereocenters. The standard InChI is InChI=1S/C22H27NO3/c1-5-21(22(24)23(2)3)26-20-13-18(12-19(14-20)25-4)17-10-8-16(9-11-17)15-6-7-15/h8-15,21H,5-7H2,1-4H3. The highest BCUT2D eigenvalue weighted by Crippen LogP contribution is 2.40. The molecule has 4 nitrogen and oxygen atoms in total. The van der Waals surface area contributed by atoms with Crippen LogP contribution >= 0.6 is 0 Å². The van der Waals surface area contributed by atoms with E-state index in [-0.39, 0.29) is 5.91 Å². The number of carbonyl (C=O) groups is 1. The van der Waals surface area contributed by atoms with Crippen LogP contribution in [0.2, 0.25) is 0 Å². The largest absolute Gasteiger partial charge is 0.497 e. The Hall–Kier alpha value is -2.49. The summed E-state index contributed by atoms with van der Waals surface area (Å²) in [6.07, 6.45) is 2.71. The average molecular weight is 353 g/mol. The number of methoxy groups -OCH3 is 1. The van der Waals surface area contributed by atoms with E-state index in [0.717, 1.165) is 22.8 Å². The minimum absolute atomic E-state index is 0.0364. The molecule has 0 N–H and O–H groups in total. The summed E-state index contributed by atoms with van der Waals surface area (Å²) in [6.45, 7) is 1.95. The number of likely N-dealkylation sites (N-methyl/N-ethyl adjacent to an activating group) is 1. The summed E-state index contributed by atoms with van der Waals surface area (Å²) in [5.41, 5.74) is 3.55. The number of hydrogen-bond donors (Lipinski definition) is 0. The van der Waals surface area contributed by atoms with Crippen molar-refractivity contribution in [3.63, 3.8) is 0 Å². The van der Waals surface area contributed by atoms with Crippen molar-refractivity contribution in [1.82, 2.24) is 4.90 Å². The van der Waals surface area contributed by atoms with Gasteiger partial charge in [-0.15, -0.1) is 0 Å². The summed E-state index contributed by atoms with van der Waals surface area (Å²) in [7, 11) is 5.13. The maximum Gasteiger partial charge on any atom is 0.263 e. The lowest BCUT2D eigenvalue weighted by Gasteiger charge is -2.21. The predicted molar refractivity (Wildman–Crippen MR) is 104 cm³/mol. The van der Waals surface area contributed by atoms with E-state index in [1.807, 2.05) is 25.1 Å². The molecule has 26 heavy (non-hydrogen) atoms. The number of hydrogen-bond acceptors (Lipinski definition) is 3. The van der Waals surface area contributed by atoms with Crippen molar-refractivity contribution in [3.8, 4) is 22.6 Å². The SMILES string of the molecule is CCC(Oc1cc(OC)cc(-c2ccc(C3CC3)cc2)c1)C(=O)N(C)C. The molecule has 2 aromatic rings. The number of carbonyl (C=O) groups excluding carboxylic acids is 1. The average Bonchev–Trinajstić information content (AvgIpc) is 3.50. The molecule has 1 amide bonds. The molecule has 4 heteroatoms. The van der Waals surface area contributed by atoms with Gasteiger partial charge in [-0.2, -0.15) is 0 Å². The first-order valence-corrected chi connectivity index (χ1v) is 9.19. The maximum atomic E-state index is 12.3. The molecule has 2 aromatic carbocycles. The first-order valence-electron chi connectivity index (χ1n) is 9.19. The molecule has 0 bridgehead atoms. The van der Waals surface area contributed by atoms with Crippen LogP contribution in [0.25, 0.3) is 11.1 Å². The highest BCUT2D eigenvalue weighted by Gasteiger charge is 2.23. The van der Waals surface area contributed by atoms with Gasteiger partial charge in [0.2, 0.25) is 0 Å². The summed E-state index contributed by atoms with van der Waals surface area (Å²) in [4.78, 5) is 13.8. The van der Waals surface area contributed by atoms with Crippen LogP contribution in [-0.4, -0.2) is 38.1 Å². The molecule has 0 aromatic heterocycles. The lowest BCUT2D eigenvalue weighted by Crippen LogP contribution is -2.37. The Bertz CT molecular complexity index is 763. The summed E-state index contributed by atoms with van der Waals surface area (Å²) in [6, 6.07) is 14.5. The van der Waals surface area contributed by atoms with Gasteiger partial charge in [0.05, 0.1) is 7.11 Å². The van der Waals surface area contributed by atoms with Gasteiger partial charge in [-0.1, -0.05) is 31.2 Å². The lowest BCUT2D eigenvalue weighted by atomic mass is 10.0. The van der Waals surface area contributed by atoms with Gasteiger partial charge in [-0.25, -0.2) is 0 Å². The second-order valence-corrected chi connectivity index (χ2v) is 7.04. The Morgan fingerprint density at radius 1 is 1.08 bits per heavy atom. The normalized spacial score (nSPS) is 14.6. The van der Waals surface area contributed by atoms with Crippen LogP contribution in [0.1, 0.15) is 37.7 Å². The molecule has 0 spiro atoms. The van der Waals surface area contributed by atoms with Crippen LogP contribution in [0.5, 0.6) is 11.5 Å². The van der Waals surface area contributed by atoms with Gasteiger partial charge in [-0.05, 0) is 54.0 Å².